The van der Waals surface area contributed by atoms with E-state index in [1.54, 1.807) is 0 Å². The van der Waals surface area contributed by atoms with Gasteiger partial charge in [-0.1, -0.05) is 0 Å². The quantitative estimate of drug-likeness (QED) is 0.269. The van der Waals surface area contributed by atoms with E-state index in [1.165, 1.54) is 0 Å². The van der Waals surface area contributed by atoms with Gasteiger partial charge in [-0.2, -0.15) is 13.2 Å². The maximum atomic E-state index is 11.0. The Labute approximate surface area is 73.3 Å². The van der Waals surface area contributed by atoms with Crippen LogP contribution in [0.5, 0.6) is 0 Å². The van der Waals surface area contributed by atoms with Crippen LogP contribution in [0.2, 0.25) is 0 Å². The third-order valence-corrected chi connectivity index (χ3v) is 2.91. The molecule has 1 unspecified atom stereocenters. The normalized spacial score (nSPS) is 17.4. The van der Waals surface area contributed by atoms with Crippen LogP contribution in [0.1, 0.15) is 0 Å². The first kappa shape index (κ1) is 14.2. The summed E-state index contributed by atoms with van der Waals surface area (Å²) in [7, 11) is -10.9. The second-order valence-corrected chi connectivity index (χ2v) is 4.90. The summed E-state index contributed by atoms with van der Waals surface area (Å²) in [5.41, 5.74) is -5.85. The first-order valence-electron chi connectivity index (χ1n) is 1.58. The summed E-state index contributed by atoms with van der Waals surface area (Å²) in [6, 6.07) is 0. The van der Waals surface area contributed by atoms with Crippen molar-refractivity contribution in [3.05, 3.63) is 0 Å². The first-order valence-corrected chi connectivity index (χ1v) is 4.61. The van der Waals surface area contributed by atoms with Gasteiger partial charge in [0.05, 0.1) is 8.77 Å². The average molecular weight is 210 g/mol. The van der Waals surface area contributed by atoms with Gasteiger partial charge in [0.2, 0.25) is 10.2 Å². The Balaban J connectivity index is 0. The van der Waals surface area contributed by atoms with Crippen molar-refractivity contribution in [3.63, 3.8) is 0 Å². The van der Waals surface area contributed by atoms with Crippen molar-refractivity contribution in [2.75, 3.05) is 0 Å². The molecule has 0 aliphatic carbocycles. The third-order valence-electron chi connectivity index (χ3n) is 0.449. The van der Waals surface area contributed by atoms with Gasteiger partial charge < -0.3 is 4.55 Å². The van der Waals surface area contributed by atoms with Crippen LogP contribution in [0, 0.1) is 0 Å². The Kier molecular flexibility index (Phi) is 5.30. The Hall–Kier alpha value is 0.707. The van der Waals surface area contributed by atoms with Gasteiger partial charge in [-0.05, 0) is 0 Å². The number of hydrogen-bond acceptors (Lipinski definition) is 2. The zero-order valence-corrected chi connectivity index (χ0v) is 6.66. The summed E-state index contributed by atoms with van der Waals surface area (Å²) >= 11 is 0. The summed E-state index contributed by atoms with van der Waals surface area (Å²) in [6.07, 6.45) is 0. The minimum atomic E-state index is -6.22. The summed E-state index contributed by atoms with van der Waals surface area (Å²) in [6.45, 7) is 0. The van der Waals surface area contributed by atoms with E-state index < -0.39 is 24.5 Å². The van der Waals surface area contributed by atoms with Crippen molar-refractivity contribution < 1.29 is 48.6 Å². The molecule has 0 fully saturated rings. The predicted molar refractivity (Wildman–Crippen MR) is 24.6 cm³/mol. The maximum Gasteiger partial charge on any atom is 1.00 e. The molecule has 0 aliphatic rings. The molecule has 0 saturated carbocycles. The fourth-order valence-electron chi connectivity index (χ4n) is 0.0714. The van der Waals surface area contributed by atoms with Crippen LogP contribution < -0.4 is 18.9 Å². The Morgan fingerprint density at radius 3 is 1.55 bits per heavy atom. The molecule has 0 aromatic carbocycles. The van der Waals surface area contributed by atoms with E-state index in [-0.39, 0.29) is 18.9 Å². The van der Waals surface area contributed by atoms with Crippen molar-refractivity contribution in [3.8, 4) is 0 Å². The van der Waals surface area contributed by atoms with Crippen LogP contribution in [-0.2, 0) is 19.0 Å². The van der Waals surface area contributed by atoms with Crippen LogP contribution in [0.25, 0.3) is 0 Å². The SMILES string of the molecule is O=S([O-])(=S(F)F)C(F)(F)F.[Li+]. The van der Waals surface area contributed by atoms with E-state index in [0.29, 0.717) is 0 Å². The van der Waals surface area contributed by atoms with Crippen LogP contribution >= 0.6 is 0 Å². The van der Waals surface area contributed by atoms with Gasteiger partial charge in [0.15, 0.2) is 0 Å². The number of alkyl halides is 3. The molecule has 1 atom stereocenters. The van der Waals surface area contributed by atoms with Gasteiger partial charge in [0.25, 0.3) is 0 Å². The molecule has 0 aromatic heterocycles. The van der Waals surface area contributed by atoms with Gasteiger partial charge in [-0.15, -0.1) is 7.77 Å². The Bertz CT molecular complexity index is 233. The second kappa shape index (κ2) is 4.09. The monoisotopic (exact) mass is 210 g/mol. The molecule has 0 amide bonds. The molecule has 64 valence electrons. The van der Waals surface area contributed by atoms with Crippen molar-refractivity contribution >= 4 is 19.0 Å². The van der Waals surface area contributed by atoms with Gasteiger partial charge in [0, 0.05) is 0 Å². The van der Waals surface area contributed by atoms with Gasteiger partial charge in [-0.25, -0.2) is 0 Å². The molecule has 10 heteroatoms. The number of halogens is 5. The summed E-state index contributed by atoms with van der Waals surface area (Å²) in [5.74, 6) is 0. The zero-order chi connectivity index (χ0) is 8.58. The minimum Gasteiger partial charge on any atom is -0.763 e. The average Bonchev–Trinajstić information content (AvgIpc) is 1.62. The first-order chi connectivity index (χ1) is 4.19. The maximum absolute atomic E-state index is 11.0. The molecule has 0 spiro atoms. The van der Waals surface area contributed by atoms with Crippen LogP contribution in [0.4, 0.5) is 20.9 Å². The topological polar surface area (TPSA) is 40.1 Å². The number of hydrogen-bond donors (Lipinski definition) is 0. The van der Waals surface area contributed by atoms with Crippen molar-refractivity contribution in [2.45, 2.75) is 5.51 Å². The van der Waals surface area contributed by atoms with Crippen LogP contribution in [-0.4, -0.2) is 14.3 Å². The fourth-order valence-corrected chi connectivity index (χ4v) is 0.643. The van der Waals surface area contributed by atoms with E-state index in [4.69, 9.17) is 0 Å². The standard InChI is InChI=1S/CHF5O2S2.Li/c2-1(3,4)10(7,8)9(5)6;/h(H,7,8);/q;+1/p-1. The van der Waals surface area contributed by atoms with Gasteiger partial charge in [0.1, 0.15) is 0 Å². The summed E-state index contributed by atoms with van der Waals surface area (Å²) in [5, 5.41) is 0. The largest absolute Gasteiger partial charge is 1.00 e. The van der Waals surface area contributed by atoms with E-state index >= 15 is 0 Å². The Morgan fingerprint density at radius 1 is 1.27 bits per heavy atom. The molecule has 0 radical (unpaired) electrons. The molecule has 0 aliphatic heterocycles. The molecule has 0 bridgehead atoms. The van der Waals surface area contributed by atoms with Crippen molar-refractivity contribution in [1.82, 2.24) is 0 Å². The summed E-state index contributed by atoms with van der Waals surface area (Å²) in [4.78, 5) is 0. The molecular weight excluding hydrogens is 210 g/mol. The predicted octanol–water partition coefficient (Wildman–Crippen LogP) is -1.77. The van der Waals surface area contributed by atoms with Crippen molar-refractivity contribution in [1.29, 1.82) is 0 Å². The molecule has 0 N–H and O–H groups in total. The summed E-state index contributed by atoms with van der Waals surface area (Å²) < 4.78 is 74.1. The Morgan fingerprint density at radius 2 is 1.55 bits per heavy atom. The fraction of sp³-hybridized carbons (Fsp3) is 1.00. The van der Waals surface area contributed by atoms with Gasteiger partial charge >= 0.3 is 24.4 Å². The number of rotatable bonds is 0. The second-order valence-electron chi connectivity index (χ2n) is 1.08. The molecule has 0 rings (SSSR count). The van der Waals surface area contributed by atoms with Crippen LogP contribution in [0.3, 0.4) is 0 Å². The molecule has 0 saturated heterocycles. The smallest absolute Gasteiger partial charge is 0.763 e. The molecule has 11 heavy (non-hydrogen) atoms. The molecule has 0 heterocycles. The van der Waals surface area contributed by atoms with Crippen molar-refractivity contribution in [2.24, 2.45) is 0 Å². The van der Waals surface area contributed by atoms with Gasteiger partial charge in [-0.3, -0.25) is 4.21 Å². The molecular formula is CF5LiO2S2. The van der Waals surface area contributed by atoms with Crippen LogP contribution in [0.15, 0.2) is 0 Å². The minimum absolute atomic E-state index is 0. The van der Waals surface area contributed by atoms with E-state index in [9.17, 15) is 29.7 Å². The zero-order valence-electron chi connectivity index (χ0n) is 5.02. The molecule has 2 nitrogen and oxygen atoms in total. The van der Waals surface area contributed by atoms with E-state index in [0.717, 1.165) is 0 Å². The third kappa shape index (κ3) is 3.29. The van der Waals surface area contributed by atoms with E-state index in [1.807, 2.05) is 0 Å². The van der Waals surface area contributed by atoms with E-state index in [2.05, 4.69) is 0 Å². The molecule has 0 aromatic rings.